The average Bonchev–Trinajstić information content (AvgIpc) is 3.07. The predicted molar refractivity (Wildman–Crippen MR) is 81.4 cm³/mol. The fourth-order valence-corrected chi connectivity index (χ4v) is 3.60. The summed E-state index contributed by atoms with van der Waals surface area (Å²) in [5.41, 5.74) is 0.408. The topological polar surface area (TPSA) is 58.2 Å². The number of halogens is 1. The second-order valence-electron chi connectivity index (χ2n) is 6.26. The van der Waals surface area contributed by atoms with E-state index in [9.17, 15) is 8.42 Å². The number of rotatable bonds is 5. The monoisotopic (exact) mass is 316 g/mol. The standard InChI is InChI=1S/C14H21ClN2O2S/c1-14(2,3)17-20(18,19)12-7-4-10(13(15)8-12)9-16-11-5-6-11/h4,7-8,11,16-17H,5-6,9H2,1-3H3. The summed E-state index contributed by atoms with van der Waals surface area (Å²) in [5.74, 6) is 0. The zero-order valence-corrected chi connectivity index (χ0v) is 13.6. The fraction of sp³-hybridized carbons (Fsp3) is 0.571. The molecular formula is C14H21ClN2O2S. The van der Waals surface area contributed by atoms with Crippen molar-refractivity contribution >= 4 is 21.6 Å². The highest BCUT2D eigenvalue weighted by atomic mass is 35.5. The van der Waals surface area contributed by atoms with Crippen LogP contribution in [0.15, 0.2) is 23.1 Å². The average molecular weight is 317 g/mol. The molecule has 0 unspecified atom stereocenters. The molecule has 0 amide bonds. The Balaban J connectivity index is 2.14. The molecule has 1 aliphatic rings. The normalized spacial score (nSPS) is 16.4. The summed E-state index contributed by atoms with van der Waals surface area (Å²) in [6.07, 6.45) is 2.42. The van der Waals surface area contributed by atoms with Crippen LogP contribution in [0.2, 0.25) is 5.02 Å². The van der Waals surface area contributed by atoms with Crippen molar-refractivity contribution in [1.29, 1.82) is 0 Å². The highest BCUT2D eigenvalue weighted by Gasteiger charge is 2.23. The van der Waals surface area contributed by atoms with E-state index >= 15 is 0 Å². The minimum absolute atomic E-state index is 0.201. The van der Waals surface area contributed by atoms with E-state index in [-0.39, 0.29) is 4.90 Å². The molecule has 2 N–H and O–H groups in total. The summed E-state index contributed by atoms with van der Waals surface area (Å²) in [4.78, 5) is 0.201. The van der Waals surface area contributed by atoms with E-state index in [0.717, 1.165) is 5.56 Å². The molecule has 1 aromatic rings. The van der Waals surface area contributed by atoms with Crippen molar-refractivity contribution in [3.63, 3.8) is 0 Å². The maximum absolute atomic E-state index is 12.2. The Morgan fingerprint density at radius 1 is 1.30 bits per heavy atom. The van der Waals surface area contributed by atoms with E-state index in [4.69, 9.17) is 11.6 Å². The van der Waals surface area contributed by atoms with E-state index in [1.807, 2.05) is 0 Å². The van der Waals surface area contributed by atoms with Gasteiger partial charge in [-0.15, -0.1) is 0 Å². The van der Waals surface area contributed by atoms with Crippen LogP contribution in [0, 0.1) is 0 Å². The first-order chi connectivity index (χ1) is 9.17. The number of hydrogen-bond donors (Lipinski definition) is 2. The smallest absolute Gasteiger partial charge is 0.241 e. The minimum atomic E-state index is -3.53. The van der Waals surface area contributed by atoms with E-state index in [1.54, 1.807) is 32.9 Å². The molecule has 0 bridgehead atoms. The third kappa shape index (κ3) is 4.45. The molecule has 0 aliphatic heterocycles. The molecule has 4 nitrogen and oxygen atoms in total. The molecule has 112 valence electrons. The zero-order chi connectivity index (χ0) is 15.0. The zero-order valence-electron chi connectivity index (χ0n) is 12.0. The summed E-state index contributed by atoms with van der Waals surface area (Å²) in [6.45, 7) is 6.09. The second-order valence-corrected chi connectivity index (χ2v) is 8.35. The molecule has 1 aliphatic carbocycles. The van der Waals surface area contributed by atoms with Crippen LogP contribution in [0.3, 0.4) is 0 Å². The van der Waals surface area contributed by atoms with Gasteiger partial charge in [0.05, 0.1) is 4.90 Å². The largest absolute Gasteiger partial charge is 0.310 e. The third-order valence-electron chi connectivity index (χ3n) is 2.93. The second kappa shape index (κ2) is 5.64. The highest BCUT2D eigenvalue weighted by molar-refractivity contribution is 7.89. The summed E-state index contributed by atoms with van der Waals surface area (Å²) in [6, 6.07) is 5.48. The van der Waals surface area contributed by atoms with Gasteiger partial charge in [-0.3, -0.25) is 0 Å². The predicted octanol–water partition coefficient (Wildman–Crippen LogP) is 2.67. The van der Waals surface area contributed by atoms with Crippen molar-refractivity contribution in [2.75, 3.05) is 0 Å². The van der Waals surface area contributed by atoms with Crippen LogP contribution >= 0.6 is 11.6 Å². The summed E-state index contributed by atoms with van der Waals surface area (Å²) in [5, 5.41) is 3.84. The van der Waals surface area contributed by atoms with Crippen molar-refractivity contribution in [1.82, 2.24) is 10.0 Å². The lowest BCUT2D eigenvalue weighted by Gasteiger charge is -2.20. The van der Waals surface area contributed by atoms with Crippen LogP contribution < -0.4 is 10.0 Å². The molecule has 1 aromatic carbocycles. The molecule has 0 atom stereocenters. The van der Waals surface area contributed by atoms with Crippen LogP contribution in [-0.2, 0) is 16.6 Å². The molecule has 0 spiro atoms. The first-order valence-corrected chi connectivity index (χ1v) is 8.59. The molecule has 0 heterocycles. The van der Waals surface area contributed by atoms with Crippen molar-refractivity contribution < 1.29 is 8.42 Å². The molecule has 20 heavy (non-hydrogen) atoms. The van der Waals surface area contributed by atoms with Crippen LogP contribution in [0.4, 0.5) is 0 Å². The van der Waals surface area contributed by atoms with Crippen LogP contribution in [0.25, 0.3) is 0 Å². The fourth-order valence-electron chi connectivity index (χ4n) is 1.84. The molecule has 1 saturated carbocycles. The summed E-state index contributed by atoms with van der Waals surface area (Å²) >= 11 is 6.18. The Hall–Kier alpha value is -0.620. The molecule has 0 saturated heterocycles. The van der Waals surface area contributed by atoms with Crippen molar-refractivity contribution in [2.24, 2.45) is 0 Å². The minimum Gasteiger partial charge on any atom is -0.310 e. The van der Waals surface area contributed by atoms with Gasteiger partial charge >= 0.3 is 0 Å². The van der Waals surface area contributed by atoms with Gasteiger partial charge < -0.3 is 5.32 Å². The Kier molecular flexibility index (Phi) is 4.44. The van der Waals surface area contributed by atoms with Gasteiger partial charge in [0.25, 0.3) is 0 Å². The number of nitrogens with one attached hydrogen (secondary N) is 2. The van der Waals surface area contributed by atoms with Gasteiger partial charge in [0.1, 0.15) is 0 Å². The van der Waals surface area contributed by atoms with E-state index in [2.05, 4.69) is 10.0 Å². The number of benzene rings is 1. The maximum Gasteiger partial charge on any atom is 0.241 e. The lowest BCUT2D eigenvalue weighted by atomic mass is 10.1. The Morgan fingerprint density at radius 3 is 2.45 bits per heavy atom. The Morgan fingerprint density at radius 2 is 1.95 bits per heavy atom. The lowest BCUT2D eigenvalue weighted by molar-refractivity contribution is 0.491. The number of hydrogen-bond acceptors (Lipinski definition) is 3. The molecule has 0 aromatic heterocycles. The highest BCUT2D eigenvalue weighted by Crippen LogP contribution is 2.24. The Labute approximate surface area is 126 Å². The molecular weight excluding hydrogens is 296 g/mol. The van der Waals surface area contributed by atoms with Gasteiger partial charge in [0.15, 0.2) is 0 Å². The Bertz CT molecular complexity index is 590. The SMILES string of the molecule is CC(C)(C)NS(=O)(=O)c1ccc(CNC2CC2)c(Cl)c1. The van der Waals surface area contributed by atoms with Gasteiger partial charge in [-0.1, -0.05) is 17.7 Å². The van der Waals surface area contributed by atoms with Crippen molar-refractivity contribution in [3.8, 4) is 0 Å². The van der Waals surface area contributed by atoms with Gasteiger partial charge in [-0.25, -0.2) is 13.1 Å². The molecule has 0 radical (unpaired) electrons. The molecule has 2 rings (SSSR count). The van der Waals surface area contributed by atoms with Gasteiger partial charge in [-0.05, 0) is 51.3 Å². The van der Waals surface area contributed by atoms with E-state index in [1.165, 1.54) is 18.9 Å². The van der Waals surface area contributed by atoms with Crippen LogP contribution in [0.1, 0.15) is 39.2 Å². The van der Waals surface area contributed by atoms with Gasteiger partial charge in [0.2, 0.25) is 10.0 Å². The van der Waals surface area contributed by atoms with Crippen LogP contribution in [-0.4, -0.2) is 20.0 Å². The summed E-state index contributed by atoms with van der Waals surface area (Å²) < 4.78 is 27.0. The maximum atomic E-state index is 12.2. The van der Waals surface area contributed by atoms with Crippen LogP contribution in [0.5, 0.6) is 0 Å². The first kappa shape index (κ1) is 15.8. The summed E-state index contributed by atoms with van der Waals surface area (Å²) in [7, 11) is -3.53. The molecule has 1 fully saturated rings. The van der Waals surface area contributed by atoms with Crippen molar-refractivity contribution in [3.05, 3.63) is 28.8 Å². The third-order valence-corrected chi connectivity index (χ3v) is 5.04. The van der Waals surface area contributed by atoms with Gasteiger partial charge in [-0.2, -0.15) is 0 Å². The van der Waals surface area contributed by atoms with E-state index in [0.29, 0.717) is 17.6 Å². The van der Waals surface area contributed by atoms with E-state index < -0.39 is 15.6 Å². The number of sulfonamides is 1. The lowest BCUT2D eigenvalue weighted by Crippen LogP contribution is -2.40. The van der Waals surface area contributed by atoms with Crippen molar-refractivity contribution in [2.45, 2.75) is 56.6 Å². The quantitative estimate of drug-likeness (QED) is 0.878. The molecule has 6 heteroatoms. The van der Waals surface area contributed by atoms with Gasteiger partial charge in [0, 0.05) is 23.1 Å². The first-order valence-electron chi connectivity index (χ1n) is 6.73.